The van der Waals surface area contributed by atoms with Crippen molar-refractivity contribution in [1.29, 1.82) is 0 Å². The fourth-order valence-corrected chi connectivity index (χ4v) is 3.32. The number of aromatic nitrogens is 2. The number of H-pyrrole nitrogens is 1. The maximum Gasteiger partial charge on any atom is 0.167 e. The first kappa shape index (κ1) is 10.8. The van der Waals surface area contributed by atoms with Gasteiger partial charge in [0.15, 0.2) is 5.16 Å². The van der Waals surface area contributed by atoms with Crippen LogP contribution in [0.4, 0.5) is 0 Å². The minimum Gasteiger partial charge on any atom is -0.333 e. The molecular formula is C13H14N2OS. The first-order chi connectivity index (χ1) is 8.33. The van der Waals surface area contributed by atoms with Crippen LogP contribution in [0.25, 0.3) is 11.0 Å². The summed E-state index contributed by atoms with van der Waals surface area (Å²) >= 11 is 1.58. The van der Waals surface area contributed by atoms with Gasteiger partial charge in [-0.15, -0.1) is 0 Å². The molecule has 0 aliphatic heterocycles. The average molecular weight is 246 g/mol. The van der Waals surface area contributed by atoms with E-state index in [0.717, 1.165) is 41.9 Å². The van der Waals surface area contributed by atoms with Crippen LogP contribution in [0.3, 0.4) is 0 Å². The lowest BCUT2D eigenvalue weighted by Crippen LogP contribution is -2.21. The van der Waals surface area contributed by atoms with Gasteiger partial charge in [0.2, 0.25) is 0 Å². The Bertz CT molecular complexity index is 516. The van der Waals surface area contributed by atoms with Crippen molar-refractivity contribution in [3.63, 3.8) is 0 Å². The maximum absolute atomic E-state index is 11.8. The van der Waals surface area contributed by atoms with Crippen LogP contribution in [0.15, 0.2) is 29.4 Å². The second-order valence-electron chi connectivity index (χ2n) is 4.38. The molecule has 1 aliphatic carbocycles. The number of hydrogen-bond donors (Lipinski definition) is 1. The van der Waals surface area contributed by atoms with Gasteiger partial charge in [-0.2, -0.15) is 0 Å². The van der Waals surface area contributed by atoms with Crippen molar-refractivity contribution in [3.05, 3.63) is 24.3 Å². The Morgan fingerprint density at radius 2 is 2.18 bits per heavy atom. The number of para-hydroxylation sites is 2. The van der Waals surface area contributed by atoms with Crippen LogP contribution in [0.2, 0.25) is 0 Å². The number of fused-ring (bicyclic) bond motifs is 1. The molecule has 3 nitrogen and oxygen atoms in total. The largest absolute Gasteiger partial charge is 0.333 e. The Labute approximate surface area is 104 Å². The molecule has 0 unspecified atom stereocenters. The maximum atomic E-state index is 11.8. The zero-order valence-corrected chi connectivity index (χ0v) is 10.3. The number of Topliss-reactive ketones (excluding diaryl/α,β-unsaturated/α-hetero) is 1. The van der Waals surface area contributed by atoms with Crippen LogP contribution in [0.1, 0.15) is 25.7 Å². The van der Waals surface area contributed by atoms with Crippen molar-refractivity contribution < 1.29 is 4.79 Å². The summed E-state index contributed by atoms with van der Waals surface area (Å²) in [6.45, 7) is 0. The summed E-state index contributed by atoms with van der Waals surface area (Å²) in [5.74, 6) is 0.377. The number of nitrogens with one attached hydrogen (secondary N) is 1. The minimum absolute atomic E-state index is 0.101. The summed E-state index contributed by atoms with van der Waals surface area (Å²) in [5, 5.41) is 0.968. The van der Waals surface area contributed by atoms with Gasteiger partial charge in [0.1, 0.15) is 5.78 Å². The van der Waals surface area contributed by atoms with E-state index in [2.05, 4.69) is 9.97 Å². The monoisotopic (exact) mass is 246 g/mol. The molecule has 0 bridgehead atoms. The smallest absolute Gasteiger partial charge is 0.167 e. The van der Waals surface area contributed by atoms with Crippen LogP contribution < -0.4 is 0 Å². The molecule has 0 amide bonds. The molecule has 1 aromatic heterocycles. The number of aromatic amines is 1. The molecule has 0 saturated heterocycles. The number of imidazole rings is 1. The highest BCUT2D eigenvalue weighted by atomic mass is 32.2. The minimum atomic E-state index is 0.101. The molecule has 1 aromatic carbocycles. The van der Waals surface area contributed by atoms with E-state index >= 15 is 0 Å². The first-order valence-corrected chi connectivity index (χ1v) is 6.85. The van der Waals surface area contributed by atoms with Crippen molar-refractivity contribution in [1.82, 2.24) is 9.97 Å². The van der Waals surface area contributed by atoms with Crippen molar-refractivity contribution in [2.24, 2.45) is 0 Å². The molecule has 1 atom stereocenters. The Kier molecular flexibility index (Phi) is 2.89. The topological polar surface area (TPSA) is 45.8 Å². The van der Waals surface area contributed by atoms with E-state index in [9.17, 15) is 4.79 Å². The van der Waals surface area contributed by atoms with E-state index in [0.29, 0.717) is 5.78 Å². The third-order valence-electron chi connectivity index (χ3n) is 3.12. The summed E-state index contributed by atoms with van der Waals surface area (Å²) in [7, 11) is 0. The number of ketones is 1. The highest BCUT2D eigenvalue weighted by Gasteiger charge is 2.24. The van der Waals surface area contributed by atoms with Gasteiger partial charge >= 0.3 is 0 Å². The van der Waals surface area contributed by atoms with Gasteiger partial charge in [-0.05, 0) is 25.0 Å². The van der Waals surface area contributed by atoms with Crippen molar-refractivity contribution >= 4 is 28.6 Å². The molecule has 17 heavy (non-hydrogen) atoms. The van der Waals surface area contributed by atoms with E-state index in [1.807, 2.05) is 24.3 Å². The van der Waals surface area contributed by atoms with Crippen LogP contribution in [0, 0.1) is 0 Å². The van der Waals surface area contributed by atoms with Gasteiger partial charge in [0, 0.05) is 6.42 Å². The fourth-order valence-electron chi connectivity index (χ4n) is 2.20. The molecule has 1 fully saturated rings. The predicted octanol–water partition coefficient (Wildman–Crippen LogP) is 3.17. The number of carbonyl (C=O) groups is 1. The van der Waals surface area contributed by atoms with Crippen molar-refractivity contribution in [2.45, 2.75) is 36.1 Å². The molecule has 1 aliphatic rings. The molecule has 1 N–H and O–H groups in total. The molecular weight excluding hydrogens is 232 g/mol. The van der Waals surface area contributed by atoms with Crippen molar-refractivity contribution in [3.8, 4) is 0 Å². The standard InChI is InChI=1S/C13H14N2OS/c16-11-7-3-4-8-12(11)17-13-14-9-5-1-2-6-10(9)15-13/h1-2,5-6,12H,3-4,7-8H2,(H,14,15)/t12-/m0/s1. The number of hydrogen-bond acceptors (Lipinski definition) is 3. The zero-order valence-electron chi connectivity index (χ0n) is 9.48. The van der Waals surface area contributed by atoms with E-state index in [1.54, 1.807) is 11.8 Å². The van der Waals surface area contributed by atoms with E-state index in [1.165, 1.54) is 0 Å². The van der Waals surface area contributed by atoms with Crippen LogP contribution in [0.5, 0.6) is 0 Å². The Morgan fingerprint density at radius 1 is 1.29 bits per heavy atom. The van der Waals surface area contributed by atoms with Crippen LogP contribution in [-0.4, -0.2) is 21.0 Å². The highest BCUT2D eigenvalue weighted by Crippen LogP contribution is 2.30. The molecule has 0 radical (unpaired) electrons. The number of thioether (sulfide) groups is 1. The third kappa shape index (κ3) is 2.22. The van der Waals surface area contributed by atoms with Gasteiger partial charge in [-0.1, -0.05) is 30.3 Å². The third-order valence-corrected chi connectivity index (χ3v) is 4.32. The first-order valence-electron chi connectivity index (χ1n) is 5.97. The fraction of sp³-hybridized carbons (Fsp3) is 0.385. The average Bonchev–Trinajstić information content (AvgIpc) is 2.74. The second kappa shape index (κ2) is 4.53. The molecule has 4 heteroatoms. The van der Waals surface area contributed by atoms with Gasteiger partial charge in [-0.25, -0.2) is 4.98 Å². The number of benzene rings is 1. The lowest BCUT2D eigenvalue weighted by Gasteiger charge is -2.18. The molecule has 1 heterocycles. The SMILES string of the molecule is O=C1CCCC[C@@H]1Sc1nc2ccccc2[nH]1. The molecule has 0 spiro atoms. The number of carbonyl (C=O) groups excluding carboxylic acids is 1. The zero-order chi connectivity index (χ0) is 11.7. The summed E-state index contributed by atoms with van der Waals surface area (Å²) in [6, 6.07) is 7.96. The molecule has 2 aromatic rings. The van der Waals surface area contributed by atoms with Crippen LogP contribution in [-0.2, 0) is 4.79 Å². The normalized spacial score (nSPS) is 20.9. The Morgan fingerprint density at radius 3 is 3.00 bits per heavy atom. The lowest BCUT2D eigenvalue weighted by molar-refractivity contribution is -0.119. The van der Waals surface area contributed by atoms with Crippen molar-refractivity contribution in [2.75, 3.05) is 0 Å². The van der Waals surface area contributed by atoms with Crippen LogP contribution >= 0.6 is 11.8 Å². The summed E-state index contributed by atoms with van der Waals surface area (Å²) in [4.78, 5) is 19.5. The summed E-state index contributed by atoms with van der Waals surface area (Å²) < 4.78 is 0. The van der Waals surface area contributed by atoms with Gasteiger partial charge in [-0.3, -0.25) is 4.79 Å². The Balaban J connectivity index is 1.82. The lowest BCUT2D eigenvalue weighted by atomic mass is 9.99. The summed E-state index contributed by atoms with van der Waals surface area (Å²) in [6.07, 6.45) is 3.93. The Hall–Kier alpha value is -1.29. The second-order valence-corrected chi connectivity index (χ2v) is 5.57. The quantitative estimate of drug-likeness (QED) is 0.885. The van der Waals surface area contributed by atoms with Gasteiger partial charge in [0.05, 0.1) is 16.3 Å². The molecule has 88 valence electrons. The van der Waals surface area contributed by atoms with Gasteiger partial charge in [0.25, 0.3) is 0 Å². The predicted molar refractivity (Wildman–Crippen MR) is 69.2 cm³/mol. The number of rotatable bonds is 2. The molecule has 1 saturated carbocycles. The molecule has 3 rings (SSSR count). The van der Waals surface area contributed by atoms with E-state index in [-0.39, 0.29) is 5.25 Å². The summed E-state index contributed by atoms with van der Waals surface area (Å²) in [5.41, 5.74) is 2.01. The van der Waals surface area contributed by atoms with E-state index in [4.69, 9.17) is 0 Å². The van der Waals surface area contributed by atoms with Gasteiger partial charge < -0.3 is 4.98 Å². The number of nitrogens with zero attached hydrogens (tertiary/aromatic N) is 1. The highest BCUT2D eigenvalue weighted by molar-refractivity contribution is 8.00. The van der Waals surface area contributed by atoms with E-state index < -0.39 is 0 Å².